The van der Waals surface area contributed by atoms with Gasteiger partial charge in [0.2, 0.25) is 22.8 Å². The summed E-state index contributed by atoms with van der Waals surface area (Å²) in [4.78, 5) is 0. The van der Waals surface area contributed by atoms with Crippen molar-refractivity contribution < 1.29 is 18.3 Å². The summed E-state index contributed by atoms with van der Waals surface area (Å²) in [7, 11) is 8.63. The number of nitrogens with zero attached hydrogens (tertiary/aromatic N) is 4. The van der Waals surface area contributed by atoms with Crippen LogP contribution in [0.15, 0.2) is 413 Å². The Kier molecular flexibility index (Phi) is 19.8. The summed E-state index contributed by atoms with van der Waals surface area (Å²) in [5, 5.41) is 31.4. The Labute approximate surface area is 712 Å². The Morgan fingerprint density at radius 1 is 0.139 bits per heavy atom. The summed E-state index contributed by atoms with van der Waals surface area (Å²) in [5.41, 5.74) is 22.7. The van der Waals surface area contributed by atoms with Crippen LogP contribution in [0, 0.1) is 27.7 Å². The Morgan fingerprint density at radius 3 is 0.738 bits per heavy atom. The van der Waals surface area contributed by atoms with Crippen LogP contribution in [0.4, 0.5) is 0 Å². The number of aromatic nitrogens is 4. The molecule has 0 saturated heterocycles. The van der Waals surface area contributed by atoms with Crippen LogP contribution in [-0.2, 0) is 28.2 Å². The molecule has 4 heterocycles. The van der Waals surface area contributed by atoms with E-state index in [9.17, 15) is 0 Å². The van der Waals surface area contributed by atoms with Crippen LogP contribution in [0.25, 0.3) is 208 Å². The van der Waals surface area contributed by atoms with E-state index in [0.717, 1.165) is 0 Å². The fraction of sp³-hybridized carbons (Fsp3) is 0.0678. The molecule has 0 N–H and O–H groups in total. The van der Waals surface area contributed by atoms with Crippen molar-refractivity contribution in [2.45, 2.75) is 27.7 Å². The average molecular weight is 1570 g/mol. The van der Waals surface area contributed by atoms with Gasteiger partial charge < -0.3 is 0 Å². The quantitative estimate of drug-likeness (QED) is 0.112. The molecule has 4 nitrogen and oxygen atoms in total. The highest BCUT2D eigenvalue weighted by molar-refractivity contribution is 6.29. The first-order valence-corrected chi connectivity index (χ1v) is 42.3. The van der Waals surface area contributed by atoms with Crippen LogP contribution < -0.4 is 18.3 Å². The molecule has 23 aromatic rings. The van der Waals surface area contributed by atoms with Crippen molar-refractivity contribution >= 4 is 129 Å². The van der Waals surface area contributed by atoms with Crippen LogP contribution in [0.2, 0.25) is 0 Å². The van der Waals surface area contributed by atoms with Crippen LogP contribution >= 0.6 is 0 Å². The Bertz CT molecular complexity index is 8090. The number of pyridine rings is 4. The molecule has 4 heteroatoms. The van der Waals surface area contributed by atoms with Crippen LogP contribution in [0.1, 0.15) is 22.3 Å². The molecule has 0 spiro atoms. The molecule has 23 rings (SSSR count). The third-order valence-electron chi connectivity index (χ3n) is 25.3. The molecule has 0 radical (unpaired) electrons. The van der Waals surface area contributed by atoms with Crippen molar-refractivity contribution in [3.8, 4) is 78.4 Å². The second-order valence-corrected chi connectivity index (χ2v) is 32.7. The largest absolute Gasteiger partial charge is 0.213 e. The SMILES string of the molecule is Cc1cc(-c2ccccc2)ccc1-c1cc2c3ccccc3c3ccccc3c2c[n+]1C.Cc1ccc(-c2ccccc2)cc1-c1cc2c3ccccc3c3ccccc3c2c[n+]1C.Cc1cccc(-c2ccccc2)c1-c1cc2c3ccccc3c3ccccc3c2c[n+]1C.Cc1ccccc1-c1cc2c3ccccc3c3ccccc3c2c[n+]1C. The smallest absolute Gasteiger partial charge is 0.200 e. The van der Waals surface area contributed by atoms with Crippen molar-refractivity contribution in [3.05, 3.63) is 435 Å². The minimum Gasteiger partial charge on any atom is -0.200 e. The van der Waals surface area contributed by atoms with E-state index in [-0.39, 0.29) is 0 Å². The van der Waals surface area contributed by atoms with Gasteiger partial charge in [-0.25, -0.2) is 18.3 Å². The molecule has 0 aliphatic carbocycles. The Balaban J connectivity index is 0.000000104. The van der Waals surface area contributed by atoms with E-state index >= 15 is 0 Å². The van der Waals surface area contributed by atoms with Crippen molar-refractivity contribution in [3.63, 3.8) is 0 Å². The zero-order chi connectivity index (χ0) is 82.6. The van der Waals surface area contributed by atoms with Gasteiger partial charge in [0.05, 0.1) is 27.1 Å². The maximum absolute atomic E-state index is 2.39. The van der Waals surface area contributed by atoms with E-state index in [1.54, 1.807) is 0 Å². The van der Waals surface area contributed by atoms with Crippen molar-refractivity contribution in [2.75, 3.05) is 0 Å². The van der Waals surface area contributed by atoms with Crippen LogP contribution in [0.5, 0.6) is 0 Å². The minimum absolute atomic E-state index is 1.23. The maximum atomic E-state index is 2.39. The second kappa shape index (κ2) is 32.0. The average Bonchev–Trinajstić information content (AvgIpc) is 0.746. The fourth-order valence-electron chi connectivity index (χ4n) is 19.2. The van der Waals surface area contributed by atoms with Gasteiger partial charge in [0, 0.05) is 62.5 Å². The van der Waals surface area contributed by atoms with E-state index in [1.807, 2.05) is 0 Å². The molecule has 0 fully saturated rings. The Morgan fingerprint density at radius 2 is 0.385 bits per heavy atom. The molecule has 0 saturated carbocycles. The molecule has 580 valence electrons. The number of fused-ring (bicyclic) bond motifs is 24. The first-order chi connectivity index (χ1) is 59.9. The molecule has 0 bridgehead atoms. The number of aryl methyl sites for hydroxylation is 8. The van der Waals surface area contributed by atoms with Gasteiger partial charge in [-0.05, 0) is 188 Å². The van der Waals surface area contributed by atoms with Crippen LogP contribution in [-0.4, -0.2) is 0 Å². The molecular weight excluding hydrogens is 1470 g/mol. The van der Waals surface area contributed by atoms with Gasteiger partial charge in [0.25, 0.3) is 0 Å². The summed E-state index contributed by atoms with van der Waals surface area (Å²) in [6.45, 7) is 8.81. The molecule has 0 aliphatic rings. The summed E-state index contributed by atoms with van der Waals surface area (Å²) < 4.78 is 9.10. The first-order valence-electron chi connectivity index (χ1n) is 42.3. The number of hydrogen-bond donors (Lipinski definition) is 0. The topological polar surface area (TPSA) is 15.5 Å². The summed E-state index contributed by atoms with van der Waals surface area (Å²) in [5.74, 6) is 0. The molecular formula is C118H92N4+4. The number of hydrogen-bond acceptors (Lipinski definition) is 0. The third kappa shape index (κ3) is 13.7. The van der Waals surface area contributed by atoms with Gasteiger partial charge in [-0.1, -0.05) is 346 Å². The first kappa shape index (κ1) is 75.6. The standard InChI is InChI=1S/3C31H24N.C25H20N/c1-21-11-10-18-23(22-12-4-3-5-13-22)31(21)30-19-28-26-16-8-6-14-24(26)25-15-7-9-17-27(25)29(28)20-32(30)2;1-21-18-23(22-10-4-3-5-11-22)16-17-24(21)31-19-29-27-14-8-6-12-25(27)26-13-7-9-15-28(26)30(29)20-32(31)2;1-21-16-17-23(22-10-4-3-5-11-22)18-28(21)31-19-29-26-14-8-6-12-24(26)25-13-7-9-15-27(25)30(29)20-32(31)2;1-17-9-3-4-10-18(17)25-15-23-21-13-7-5-11-19(21)20-12-6-8-14-22(20)24(23)16-26(25)2/h3*3-20H,1-2H3;3-16H,1-2H3/q4*+1. The fourth-order valence-corrected chi connectivity index (χ4v) is 19.2. The van der Waals surface area contributed by atoms with Gasteiger partial charge in [-0.3, -0.25) is 0 Å². The zero-order valence-electron chi connectivity index (χ0n) is 70.0. The molecule has 4 aromatic heterocycles. The highest BCUT2D eigenvalue weighted by Crippen LogP contribution is 2.44. The monoisotopic (exact) mass is 1560 g/mol. The molecule has 0 aliphatic heterocycles. The molecule has 0 atom stereocenters. The molecule has 122 heavy (non-hydrogen) atoms. The van der Waals surface area contributed by atoms with Gasteiger partial charge in [-0.2, -0.15) is 0 Å². The van der Waals surface area contributed by atoms with Gasteiger partial charge in [0.15, 0.2) is 24.8 Å². The minimum atomic E-state index is 1.23. The van der Waals surface area contributed by atoms with Crippen LogP contribution in [0.3, 0.4) is 0 Å². The van der Waals surface area contributed by atoms with Gasteiger partial charge in [-0.15, -0.1) is 0 Å². The van der Waals surface area contributed by atoms with Crippen molar-refractivity contribution in [2.24, 2.45) is 28.2 Å². The van der Waals surface area contributed by atoms with Gasteiger partial charge >= 0.3 is 0 Å². The third-order valence-corrected chi connectivity index (χ3v) is 25.3. The maximum Gasteiger partial charge on any atom is 0.213 e. The van der Waals surface area contributed by atoms with E-state index < -0.39 is 0 Å². The normalized spacial score (nSPS) is 11.4. The lowest BCUT2D eigenvalue weighted by Crippen LogP contribution is -2.31. The van der Waals surface area contributed by atoms with E-state index in [4.69, 9.17) is 0 Å². The zero-order valence-corrected chi connectivity index (χ0v) is 70.0. The predicted molar refractivity (Wildman–Crippen MR) is 518 cm³/mol. The van der Waals surface area contributed by atoms with E-state index in [0.29, 0.717) is 0 Å². The molecule has 0 unspecified atom stereocenters. The molecule has 19 aromatic carbocycles. The van der Waals surface area contributed by atoms with E-state index in [1.165, 1.54) is 230 Å². The molecule has 0 amide bonds. The lowest BCUT2D eigenvalue weighted by molar-refractivity contribution is -0.659. The highest BCUT2D eigenvalue weighted by Gasteiger charge is 2.25. The summed E-state index contributed by atoms with van der Waals surface area (Å²) in [6.07, 6.45) is 9.19. The highest BCUT2D eigenvalue weighted by atomic mass is 14.9. The number of benzene rings is 19. The lowest BCUT2D eigenvalue weighted by atomic mass is 9.90. The Hall–Kier alpha value is -15.1. The number of rotatable bonds is 7. The predicted octanol–water partition coefficient (Wildman–Crippen LogP) is 28.8. The van der Waals surface area contributed by atoms with Crippen molar-refractivity contribution in [1.82, 2.24) is 0 Å². The summed E-state index contributed by atoms with van der Waals surface area (Å²) in [6, 6.07) is 140. The lowest BCUT2D eigenvalue weighted by Gasteiger charge is -2.14. The van der Waals surface area contributed by atoms with Gasteiger partial charge in [0.1, 0.15) is 28.2 Å². The summed E-state index contributed by atoms with van der Waals surface area (Å²) >= 11 is 0. The van der Waals surface area contributed by atoms with Crippen molar-refractivity contribution in [1.29, 1.82) is 0 Å². The van der Waals surface area contributed by atoms with E-state index in [2.05, 4.69) is 487 Å². The second-order valence-electron chi connectivity index (χ2n) is 32.7.